The van der Waals surface area contributed by atoms with Gasteiger partial charge in [0.2, 0.25) is 0 Å². The third-order valence-electron chi connectivity index (χ3n) is 5.50. The fourth-order valence-electron chi connectivity index (χ4n) is 3.79. The first-order chi connectivity index (χ1) is 15.8. The van der Waals surface area contributed by atoms with E-state index in [4.69, 9.17) is 19.3 Å². The van der Waals surface area contributed by atoms with Crippen molar-refractivity contribution in [1.82, 2.24) is 9.78 Å². The Morgan fingerprint density at radius 3 is 2.53 bits per heavy atom. The molecule has 194 valence electrons. The van der Waals surface area contributed by atoms with E-state index in [1.54, 1.807) is 0 Å². The van der Waals surface area contributed by atoms with Gasteiger partial charge in [-0.15, -0.1) is 0 Å². The van der Waals surface area contributed by atoms with Crippen LogP contribution in [0.5, 0.6) is 0 Å². The van der Waals surface area contributed by atoms with Crippen molar-refractivity contribution in [3.8, 4) is 0 Å². The molecule has 2 rings (SSSR count). The number of aromatic nitrogens is 2. The summed E-state index contributed by atoms with van der Waals surface area (Å²) in [5, 5.41) is 12.7. The van der Waals surface area contributed by atoms with Crippen molar-refractivity contribution in [3.63, 3.8) is 0 Å². The summed E-state index contributed by atoms with van der Waals surface area (Å²) in [6.07, 6.45) is -3.59. The summed E-state index contributed by atoms with van der Waals surface area (Å²) in [4.78, 5) is 25.0. The van der Waals surface area contributed by atoms with Crippen LogP contribution in [0.3, 0.4) is 0 Å². The molecule has 0 amide bonds. The number of methoxy groups -OCH3 is 1. The van der Waals surface area contributed by atoms with E-state index in [0.717, 1.165) is 12.2 Å². The maximum Gasteiger partial charge on any atom is 0.423 e. The smallest absolute Gasteiger partial charge is 0.423 e. The third-order valence-corrected chi connectivity index (χ3v) is 7.20. The molecule has 0 spiro atoms. The summed E-state index contributed by atoms with van der Waals surface area (Å²) in [5.41, 5.74) is -2.88. The topological polar surface area (TPSA) is 103 Å². The number of rotatable bonds is 13. The lowest BCUT2D eigenvalue weighted by Crippen LogP contribution is -2.39. The number of hydrogen-bond acceptors (Lipinski definition) is 7. The molecule has 9 nitrogen and oxygen atoms in total. The Labute approximate surface area is 197 Å². The summed E-state index contributed by atoms with van der Waals surface area (Å²) < 4.78 is 58.8. The van der Waals surface area contributed by atoms with Crippen molar-refractivity contribution in [2.75, 3.05) is 45.0 Å². The van der Waals surface area contributed by atoms with Crippen LogP contribution in [-0.4, -0.2) is 75.1 Å². The highest BCUT2D eigenvalue weighted by Crippen LogP contribution is 2.37. The van der Waals surface area contributed by atoms with Gasteiger partial charge in [-0.25, -0.2) is 4.68 Å². The minimum Gasteiger partial charge on any atom is -0.481 e. The van der Waals surface area contributed by atoms with E-state index >= 15 is 0 Å². The number of carboxylic acids is 1. The van der Waals surface area contributed by atoms with E-state index < -0.39 is 37.4 Å². The van der Waals surface area contributed by atoms with E-state index in [1.165, 1.54) is 12.0 Å². The van der Waals surface area contributed by atoms with Crippen LogP contribution < -0.4 is 10.5 Å². The van der Waals surface area contributed by atoms with Crippen LogP contribution in [0, 0.1) is 5.92 Å². The average Bonchev–Trinajstić information content (AvgIpc) is 3.10. The van der Waals surface area contributed by atoms with Crippen molar-refractivity contribution in [2.24, 2.45) is 5.92 Å². The zero-order valence-corrected chi connectivity index (χ0v) is 21.1. The van der Waals surface area contributed by atoms with Crippen LogP contribution in [0.4, 0.5) is 18.9 Å². The number of anilines is 1. The van der Waals surface area contributed by atoms with Gasteiger partial charge in [-0.2, -0.15) is 18.3 Å². The Balaban J connectivity index is 2.28. The van der Waals surface area contributed by atoms with Crippen LogP contribution >= 0.6 is 0 Å². The predicted molar refractivity (Wildman–Crippen MR) is 122 cm³/mol. The van der Waals surface area contributed by atoms with Gasteiger partial charge in [0, 0.05) is 34.3 Å². The zero-order valence-electron chi connectivity index (χ0n) is 20.1. The number of halogens is 3. The van der Waals surface area contributed by atoms with E-state index in [0.29, 0.717) is 24.3 Å². The van der Waals surface area contributed by atoms with Crippen molar-refractivity contribution < 1.29 is 37.3 Å². The monoisotopic (exact) mass is 509 g/mol. The van der Waals surface area contributed by atoms with Gasteiger partial charge >= 0.3 is 12.1 Å². The lowest BCUT2D eigenvalue weighted by molar-refractivity contribution is -0.139. The van der Waals surface area contributed by atoms with E-state index in [1.807, 2.05) is 0 Å². The summed E-state index contributed by atoms with van der Waals surface area (Å²) in [6, 6.07) is 0.324. The van der Waals surface area contributed by atoms with Crippen molar-refractivity contribution >= 4 is 19.7 Å². The van der Waals surface area contributed by atoms with Gasteiger partial charge in [0.05, 0.1) is 44.2 Å². The van der Waals surface area contributed by atoms with Crippen LogP contribution in [0.2, 0.25) is 25.7 Å². The largest absolute Gasteiger partial charge is 0.481 e. The number of carboxylic acid groups (broad SMARTS) is 1. The molecule has 1 saturated heterocycles. The van der Waals surface area contributed by atoms with Gasteiger partial charge in [0.15, 0.2) is 0 Å². The second-order valence-electron chi connectivity index (χ2n) is 9.64. The van der Waals surface area contributed by atoms with Crippen LogP contribution in [0.15, 0.2) is 11.0 Å². The number of ether oxygens (including phenoxy) is 3. The van der Waals surface area contributed by atoms with E-state index in [9.17, 15) is 22.8 Å². The van der Waals surface area contributed by atoms with Crippen LogP contribution in [0.25, 0.3) is 0 Å². The Kier molecular flexibility index (Phi) is 10.1. The molecule has 1 fully saturated rings. The number of hydrogen-bond donors (Lipinski definition) is 1. The second-order valence-corrected chi connectivity index (χ2v) is 15.3. The molecule has 0 aliphatic carbocycles. The summed E-state index contributed by atoms with van der Waals surface area (Å²) >= 11 is 0. The molecule has 0 bridgehead atoms. The average molecular weight is 510 g/mol. The van der Waals surface area contributed by atoms with E-state index in [2.05, 4.69) is 24.7 Å². The molecule has 1 aliphatic rings. The molecule has 2 atom stereocenters. The Morgan fingerprint density at radius 1 is 1.24 bits per heavy atom. The summed E-state index contributed by atoms with van der Waals surface area (Å²) in [7, 11) is 0.115. The van der Waals surface area contributed by atoms with Crippen molar-refractivity contribution in [1.29, 1.82) is 0 Å². The first-order valence-corrected chi connectivity index (χ1v) is 14.8. The second kappa shape index (κ2) is 12.1. The highest BCUT2D eigenvalue weighted by molar-refractivity contribution is 6.76. The Hall–Kier alpha value is -1.96. The molecule has 34 heavy (non-hydrogen) atoms. The normalized spacial score (nSPS) is 19.1. The molecule has 1 N–H and O–H groups in total. The maximum atomic E-state index is 14.0. The molecule has 1 aliphatic heterocycles. The van der Waals surface area contributed by atoms with Gasteiger partial charge in [-0.1, -0.05) is 19.6 Å². The standard InChI is InChI=1S/C21H34F3N3O6Si/c1-31-12-15-9-16(13-32-6-5-18(28)29)26(11-15)17-10-25-27(14-33-7-8-34(2,3)4)20(30)19(17)21(22,23)24/h10,15-16H,5-9,11-14H2,1-4H3,(H,28,29)/t15?,16-/m0/s1. The quantitative estimate of drug-likeness (QED) is 0.320. The molecule has 1 unspecified atom stereocenters. The SMILES string of the molecule is COCC1C[C@@H](COCCC(=O)O)N(c2cnn(COCC[Si](C)(C)C)c(=O)c2C(F)(F)F)C1. The highest BCUT2D eigenvalue weighted by Gasteiger charge is 2.43. The highest BCUT2D eigenvalue weighted by atomic mass is 28.3. The Bertz CT molecular complexity index is 875. The number of aliphatic carboxylic acids is 1. The van der Waals surface area contributed by atoms with E-state index in [-0.39, 0.29) is 44.5 Å². The summed E-state index contributed by atoms with van der Waals surface area (Å²) in [5.74, 6) is -1.11. The molecule has 2 heterocycles. The van der Waals surface area contributed by atoms with Gasteiger partial charge < -0.3 is 24.2 Å². The molecule has 1 aromatic heterocycles. The first-order valence-electron chi connectivity index (χ1n) is 11.1. The predicted octanol–water partition coefficient (Wildman–Crippen LogP) is 2.91. The molecule has 0 aromatic carbocycles. The molecular weight excluding hydrogens is 475 g/mol. The maximum absolute atomic E-state index is 14.0. The van der Waals surface area contributed by atoms with Gasteiger partial charge in [0.25, 0.3) is 5.56 Å². The molecule has 13 heteroatoms. The minimum atomic E-state index is -4.90. The van der Waals surface area contributed by atoms with Gasteiger partial charge in [-0.05, 0) is 12.5 Å². The Morgan fingerprint density at radius 2 is 1.94 bits per heavy atom. The number of carbonyl (C=O) groups is 1. The molecule has 0 radical (unpaired) electrons. The molecule has 0 saturated carbocycles. The number of nitrogens with zero attached hydrogens (tertiary/aromatic N) is 3. The van der Waals surface area contributed by atoms with Crippen molar-refractivity contribution in [2.45, 2.75) is 57.5 Å². The molecule has 1 aromatic rings. The lowest BCUT2D eigenvalue weighted by atomic mass is 10.1. The summed E-state index contributed by atoms with van der Waals surface area (Å²) in [6.45, 7) is 6.93. The minimum absolute atomic E-state index is 0.0215. The zero-order chi connectivity index (χ0) is 25.5. The molecular formula is C21H34F3N3O6Si. The van der Waals surface area contributed by atoms with Crippen molar-refractivity contribution in [3.05, 3.63) is 22.1 Å². The number of alkyl halides is 3. The lowest BCUT2D eigenvalue weighted by Gasteiger charge is -2.29. The fraction of sp³-hybridized carbons (Fsp3) is 0.762. The van der Waals surface area contributed by atoms with Crippen LogP contribution in [0.1, 0.15) is 18.4 Å². The first kappa shape index (κ1) is 28.3. The third kappa shape index (κ3) is 8.36. The van der Waals surface area contributed by atoms with Gasteiger partial charge in [0.1, 0.15) is 12.3 Å². The fourth-order valence-corrected chi connectivity index (χ4v) is 4.54. The van der Waals surface area contributed by atoms with Gasteiger partial charge in [-0.3, -0.25) is 9.59 Å². The van der Waals surface area contributed by atoms with Crippen LogP contribution in [-0.2, 0) is 31.9 Å².